The van der Waals surface area contributed by atoms with E-state index in [2.05, 4.69) is 41.6 Å². The SMILES string of the molecule is Cc1csc(CC(CCl)Cc2ccccc2C)n1. The average molecular weight is 280 g/mol. The fourth-order valence-corrected chi connectivity index (χ4v) is 3.18. The van der Waals surface area contributed by atoms with Gasteiger partial charge in [-0.15, -0.1) is 22.9 Å². The third kappa shape index (κ3) is 3.56. The number of hydrogen-bond donors (Lipinski definition) is 0. The van der Waals surface area contributed by atoms with Gasteiger partial charge in [0.05, 0.1) is 5.01 Å². The first-order valence-corrected chi connectivity index (χ1v) is 7.62. The molecule has 0 radical (unpaired) electrons. The number of halogens is 1. The molecule has 0 bridgehead atoms. The summed E-state index contributed by atoms with van der Waals surface area (Å²) in [5.41, 5.74) is 3.86. The van der Waals surface area contributed by atoms with E-state index in [0.29, 0.717) is 11.8 Å². The quantitative estimate of drug-likeness (QED) is 0.739. The molecule has 2 rings (SSSR count). The van der Waals surface area contributed by atoms with Gasteiger partial charge in [0.1, 0.15) is 0 Å². The summed E-state index contributed by atoms with van der Waals surface area (Å²) in [4.78, 5) is 4.52. The molecule has 18 heavy (non-hydrogen) atoms. The van der Waals surface area contributed by atoms with E-state index in [0.717, 1.165) is 18.5 Å². The number of thiazole rings is 1. The van der Waals surface area contributed by atoms with Crippen LogP contribution in [-0.2, 0) is 12.8 Å². The largest absolute Gasteiger partial charge is 0.247 e. The van der Waals surface area contributed by atoms with Crippen LogP contribution in [0.1, 0.15) is 21.8 Å². The minimum Gasteiger partial charge on any atom is -0.247 e. The van der Waals surface area contributed by atoms with Crippen LogP contribution in [0.3, 0.4) is 0 Å². The lowest BCUT2D eigenvalue weighted by Crippen LogP contribution is -2.11. The molecule has 0 aliphatic rings. The summed E-state index contributed by atoms with van der Waals surface area (Å²) in [5.74, 6) is 1.16. The van der Waals surface area contributed by atoms with E-state index in [1.807, 2.05) is 6.92 Å². The summed E-state index contributed by atoms with van der Waals surface area (Å²) < 4.78 is 0. The molecule has 3 heteroatoms. The van der Waals surface area contributed by atoms with Gasteiger partial charge in [-0.05, 0) is 37.3 Å². The van der Waals surface area contributed by atoms with Gasteiger partial charge in [-0.25, -0.2) is 4.98 Å². The van der Waals surface area contributed by atoms with Crippen LogP contribution < -0.4 is 0 Å². The standard InChI is InChI=1S/C15H18ClNS/c1-11-5-3-4-6-14(11)7-13(9-16)8-15-17-12(2)10-18-15/h3-6,10,13H,7-9H2,1-2H3. The number of aromatic nitrogens is 1. The fourth-order valence-electron chi connectivity index (χ4n) is 2.07. The molecule has 1 heterocycles. The molecule has 0 amide bonds. The van der Waals surface area contributed by atoms with Gasteiger partial charge in [-0.1, -0.05) is 24.3 Å². The molecule has 1 atom stereocenters. The Morgan fingerprint density at radius 2 is 2.00 bits per heavy atom. The van der Waals surface area contributed by atoms with Crippen molar-refractivity contribution in [3.8, 4) is 0 Å². The van der Waals surface area contributed by atoms with Gasteiger partial charge < -0.3 is 0 Å². The van der Waals surface area contributed by atoms with Crippen molar-refractivity contribution >= 4 is 22.9 Å². The van der Waals surface area contributed by atoms with Crippen LogP contribution in [-0.4, -0.2) is 10.9 Å². The van der Waals surface area contributed by atoms with E-state index >= 15 is 0 Å². The second-order valence-corrected chi connectivity index (χ2v) is 5.99. The van der Waals surface area contributed by atoms with Gasteiger partial charge in [0, 0.05) is 23.4 Å². The van der Waals surface area contributed by atoms with Crippen molar-refractivity contribution in [2.75, 3.05) is 5.88 Å². The highest BCUT2D eigenvalue weighted by molar-refractivity contribution is 7.09. The molecule has 0 N–H and O–H groups in total. The first kappa shape index (κ1) is 13.6. The van der Waals surface area contributed by atoms with Gasteiger partial charge in [0.25, 0.3) is 0 Å². The first-order valence-electron chi connectivity index (χ1n) is 6.20. The highest BCUT2D eigenvalue weighted by atomic mass is 35.5. The Kier molecular flexibility index (Phi) is 4.79. The molecule has 1 nitrogen and oxygen atoms in total. The third-order valence-corrected chi connectivity index (χ3v) is 4.54. The second kappa shape index (κ2) is 6.35. The van der Waals surface area contributed by atoms with E-state index in [1.54, 1.807) is 11.3 Å². The highest BCUT2D eigenvalue weighted by Crippen LogP contribution is 2.20. The number of aryl methyl sites for hydroxylation is 2. The first-order chi connectivity index (χ1) is 8.69. The molecule has 0 spiro atoms. The molecular formula is C15H18ClNS. The van der Waals surface area contributed by atoms with Crippen molar-refractivity contribution in [2.45, 2.75) is 26.7 Å². The Hall–Kier alpha value is -0.860. The van der Waals surface area contributed by atoms with Crippen LogP contribution in [0.5, 0.6) is 0 Å². The summed E-state index contributed by atoms with van der Waals surface area (Å²) in [5, 5.41) is 3.31. The molecule has 1 aromatic carbocycles. The molecular weight excluding hydrogens is 262 g/mol. The topological polar surface area (TPSA) is 12.9 Å². The van der Waals surface area contributed by atoms with Crippen molar-refractivity contribution in [1.82, 2.24) is 4.98 Å². The van der Waals surface area contributed by atoms with Gasteiger partial charge in [0.15, 0.2) is 0 Å². The van der Waals surface area contributed by atoms with Crippen molar-refractivity contribution in [3.05, 3.63) is 51.5 Å². The monoisotopic (exact) mass is 279 g/mol. The Morgan fingerprint density at radius 1 is 1.22 bits per heavy atom. The fraction of sp³-hybridized carbons (Fsp3) is 0.400. The van der Waals surface area contributed by atoms with E-state index in [1.165, 1.54) is 16.1 Å². The summed E-state index contributed by atoms with van der Waals surface area (Å²) in [7, 11) is 0. The second-order valence-electron chi connectivity index (χ2n) is 4.74. The molecule has 0 fully saturated rings. The zero-order valence-corrected chi connectivity index (χ0v) is 12.4. The van der Waals surface area contributed by atoms with E-state index in [9.17, 15) is 0 Å². The molecule has 0 saturated heterocycles. The predicted octanol–water partition coefficient (Wildman–Crippen LogP) is 4.40. The Balaban J connectivity index is 2.04. The van der Waals surface area contributed by atoms with Crippen LogP contribution in [0, 0.1) is 19.8 Å². The predicted molar refractivity (Wildman–Crippen MR) is 79.6 cm³/mol. The van der Waals surface area contributed by atoms with Crippen LogP contribution in [0.4, 0.5) is 0 Å². The molecule has 96 valence electrons. The number of alkyl halides is 1. The van der Waals surface area contributed by atoms with Crippen molar-refractivity contribution in [3.63, 3.8) is 0 Å². The number of benzene rings is 1. The smallest absolute Gasteiger partial charge is 0.0931 e. The summed E-state index contributed by atoms with van der Waals surface area (Å²) in [6.45, 7) is 4.20. The lowest BCUT2D eigenvalue weighted by molar-refractivity contribution is 0.580. The van der Waals surface area contributed by atoms with Gasteiger partial charge in [-0.2, -0.15) is 0 Å². The minimum atomic E-state index is 0.471. The normalized spacial score (nSPS) is 12.6. The Morgan fingerprint density at radius 3 is 2.61 bits per heavy atom. The molecule has 1 unspecified atom stereocenters. The summed E-state index contributed by atoms with van der Waals surface area (Å²) >= 11 is 7.84. The van der Waals surface area contributed by atoms with Crippen molar-refractivity contribution in [2.24, 2.45) is 5.92 Å². The van der Waals surface area contributed by atoms with E-state index in [-0.39, 0.29) is 0 Å². The van der Waals surface area contributed by atoms with Crippen molar-refractivity contribution in [1.29, 1.82) is 0 Å². The zero-order valence-electron chi connectivity index (χ0n) is 10.8. The van der Waals surface area contributed by atoms with Crippen LogP contribution in [0.25, 0.3) is 0 Å². The maximum atomic E-state index is 6.10. The Bertz CT molecular complexity index is 507. The van der Waals surface area contributed by atoms with Gasteiger partial charge in [0.2, 0.25) is 0 Å². The van der Waals surface area contributed by atoms with Crippen LogP contribution >= 0.6 is 22.9 Å². The van der Waals surface area contributed by atoms with Crippen LogP contribution in [0.15, 0.2) is 29.6 Å². The molecule has 2 aromatic rings. The third-order valence-electron chi connectivity index (χ3n) is 3.12. The molecule has 0 aliphatic heterocycles. The summed E-state index contributed by atoms with van der Waals surface area (Å²) in [6.07, 6.45) is 2.02. The number of rotatable bonds is 5. The average Bonchev–Trinajstić information content (AvgIpc) is 2.76. The van der Waals surface area contributed by atoms with Crippen molar-refractivity contribution < 1.29 is 0 Å². The summed E-state index contributed by atoms with van der Waals surface area (Å²) in [6, 6.07) is 8.54. The van der Waals surface area contributed by atoms with E-state index < -0.39 is 0 Å². The zero-order chi connectivity index (χ0) is 13.0. The molecule has 0 aliphatic carbocycles. The minimum absolute atomic E-state index is 0.471. The lowest BCUT2D eigenvalue weighted by Gasteiger charge is -2.14. The lowest BCUT2D eigenvalue weighted by atomic mass is 9.95. The highest BCUT2D eigenvalue weighted by Gasteiger charge is 2.12. The number of nitrogens with zero attached hydrogens (tertiary/aromatic N) is 1. The van der Waals surface area contributed by atoms with Gasteiger partial charge >= 0.3 is 0 Å². The van der Waals surface area contributed by atoms with Crippen LogP contribution in [0.2, 0.25) is 0 Å². The number of hydrogen-bond acceptors (Lipinski definition) is 2. The maximum absolute atomic E-state index is 6.10. The molecule has 0 saturated carbocycles. The Labute approximate surface area is 118 Å². The maximum Gasteiger partial charge on any atom is 0.0931 e. The van der Waals surface area contributed by atoms with Gasteiger partial charge in [-0.3, -0.25) is 0 Å². The molecule has 1 aromatic heterocycles. The van der Waals surface area contributed by atoms with E-state index in [4.69, 9.17) is 11.6 Å².